The smallest absolute Gasteiger partial charge is 0.267 e. The van der Waals surface area contributed by atoms with Crippen LogP contribution in [0.4, 0.5) is 0 Å². The molecule has 1 N–H and O–H groups in total. The van der Waals surface area contributed by atoms with Crippen LogP contribution in [0.25, 0.3) is 10.9 Å². The number of nitrogens with one attached hydrogen (secondary N) is 1. The van der Waals surface area contributed by atoms with Crippen LogP contribution in [-0.2, 0) is 19.6 Å². The van der Waals surface area contributed by atoms with Crippen LogP contribution < -0.4 is 22.5 Å². The largest absolute Gasteiger partial charge is 1.00 e. The zero-order chi connectivity index (χ0) is 22.3. The van der Waals surface area contributed by atoms with Gasteiger partial charge in [-0.2, -0.15) is 0 Å². The van der Waals surface area contributed by atoms with Gasteiger partial charge in [-0.25, -0.2) is 0 Å². The van der Waals surface area contributed by atoms with Gasteiger partial charge in [0, 0.05) is 44.1 Å². The Morgan fingerprint density at radius 1 is 0.909 bits per heavy atom. The number of carbonyl (C=O) groups is 1. The van der Waals surface area contributed by atoms with Gasteiger partial charge in [0.2, 0.25) is 0 Å². The third kappa shape index (κ3) is 5.95. The molecule has 4 aromatic rings. The summed E-state index contributed by atoms with van der Waals surface area (Å²) in [7, 11) is 3.32. The number of amides is 1. The first-order chi connectivity index (χ1) is 15.7. The van der Waals surface area contributed by atoms with E-state index in [4.69, 9.17) is 4.74 Å². The van der Waals surface area contributed by atoms with Crippen molar-refractivity contribution < 1.29 is 21.9 Å². The Hall–Kier alpha value is -3.28. The highest BCUT2D eigenvalue weighted by Gasteiger charge is 2.16. The molecule has 0 aliphatic rings. The van der Waals surface area contributed by atoms with Crippen molar-refractivity contribution in [2.45, 2.75) is 19.6 Å². The molecule has 6 heteroatoms. The van der Waals surface area contributed by atoms with E-state index in [-0.39, 0.29) is 18.3 Å². The van der Waals surface area contributed by atoms with Crippen LogP contribution in [0.1, 0.15) is 21.6 Å². The quantitative estimate of drug-likeness (QED) is 0.412. The maximum absolute atomic E-state index is 12.6. The van der Waals surface area contributed by atoms with Gasteiger partial charge in [0.1, 0.15) is 11.4 Å². The van der Waals surface area contributed by atoms with E-state index in [1.807, 2.05) is 36.4 Å². The lowest BCUT2D eigenvalue weighted by Gasteiger charge is -2.24. The molecule has 1 amide bonds. The zero-order valence-corrected chi connectivity index (χ0v) is 19.8. The van der Waals surface area contributed by atoms with E-state index in [1.165, 1.54) is 11.1 Å². The number of halogens is 1. The Morgan fingerprint density at radius 3 is 2.06 bits per heavy atom. The number of hydrogen-bond donors (Lipinski definition) is 1. The number of methoxy groups -OCH3 is 1. The molecule has 0 aliphatic heterocycles. The van der Waals surface area contributed by atoms with E-state index in [1.54, 1.807) is 14.2 Å². The number of fused-ring (bicyclic) bond motifs is 1. The topological polar surface area (TPSA) is 46.5 Å². The minimum absolute atomic E-state index is 0. The number of hydrogen-bond acceptors (Lipinski definition) is 3. The summed E-state index contributed by atoms with van der Waals surface area (Å²) in [6, 6.07) is 28.9. The summed E-state index contributed by atoms with van der Waals surface area (Å²) >= 11 is 0. The van der Waals surface area contributed by atoms with Crippen molar-refractivity contribution in [1.82, 2.24) is 14.8 Å². The molecule has 0 spiro atoms. The second kappa shape index (κ2) is 11.5. The van der Waals surface area contributed by atoms with Gasteiger partial charge >= 0.3 is 0 Å². The van der Waals surface area contributed by atoms with Crippen LogP contribution in [0.15, 0.2) is 84.9 Å². The van der Waals surface area contributed by atoms with E-state index in [0.29, 0.717) is 12.2 Å². The summed E-state index contributed by atoms with van der Waals surface area (Å²) in [5, 5.41) is 3.77. The van der Waals surface area contributed by atoms with Crippen LogP contribution in [0.5, 0.6) is 5.75 Å². The lowest BCUT2D eigenvalue weighted by molar-refractivity contribution is -0.0000149. The molecule has 3 aromatic carbocycles. The van der Waals surface area contributed by atoms with Crippen LogP contribution in [0.2, 0.25) is 0 Å². The first-order valence-corrected chi connectivity index (χ1v) is 10.9. The number of nitrogens with zero attached hydrogens (tertiary/aromatic N) is 2. The fraction of sp³-hybridized carbons (Fsp3) is 0.222. The van der Waals surface area contributed by atoms with E-state index in [2.05, 4.69) is 63.3 Å². The van der Waals surface area contributed by atoms with Crippen LogP contribution >= 0.6 is 0 Å². The maximum atomic E-state index is 12.6. The lowest BCUT2D eigenvalue weighted by atomic mass is 10.1. The predicted molar refractivity (Wildman–Crippen MR) is 129 cm³/mol. The molecule has 0 atom stereocenters. The molecular weight excluding hydrogens is 434 g/mol. The zero-order valence-electron chi connectivity index (χ0n) is 19.0. The first kappa shape index (κ1) is 24.4. The molecule has 0 saturated heterocycles. The van der Waals surface area contributed by atoms with Gasteiger partial charge in [-0.3, -0.25) is 9.69 Å². The third-order valence-corrected chi connectivity index (χ3v) is 5.71. The second-order valence-corrected chi connectivity index (χ2v) is 7.87. The van der Waals surface area contributed by atoms with Crippen molar-refractivity contribution >= 4 is 16.8 Å². The van der Waals surface area contributed by atoms with Crippen molar-refractivity contribution in [2.75, 3.05) is 20.7 Å². The first-order valence-electron chi connectivity index (χ1n) is 10.9. The van der Waals surface area contributed by atoms with Gasteiger partial charge in [0.25, 0.3) is 5.91 Å². The Balaban J connectivity index is 0.00000306. The van der Waals surface area contributed by atoms with E-state index in [0.717, 1.165) is 36.3 Å². The van der Waals surface area contributed by atoms with Crippen molar-refractivity contribution in [3.63, 3.8) is 0 Å². The standard InChI is InChI=1S/C27H29N3O2.ClH/c1-28-27(31)26-18-23-17-24(32-2)13-14-25(23)30(26)16-15-29(19-21-9-5-3-6-10-21)20-22-11-7-4-8-12-22;/h3-14,17-18H,15-16,19-20H2,1-2H3,(H,28,31);1H/p-1. The fourth-order valence-corrected chi connectivity index (χ4v) is 4.07. The number of aromatic nitrogens is 1. The monoisotopic (exact) mass is 462 g/mol. The van der Waals surface area contributed by atoms with Crippen molar-refractivity contribution in [3.05, 3.63) is 102 Å². The van der Waals surface area contributed by atoms with Gasteiger partial charge in [0.05, 0.1) is 7.11 Å². The number of ether oxygens (including phenoxy) is 1. The average molecular weight is 463 g/mol. The lowest BCUT2D eigenvalue weighted by Crippen LogP contribution is -3.00. The number of benzene rings is 3. The summed E-state index contributed by atoms with van der Waals surface area (Å²) in [5.74, 6) is 0.700. The highest BCUT2D eigenvalue weighted by atomic mass is 35.5. The number of carbonyl (C=O) groups excluding carboxylic acids is 1. The van der Waals surface area contributed by atoms with Gasteiger partial charge in [-0.15, -0.1) is 0 Å². The predicted octanol–water partition coefficient (Wildman–Crippen LogP) is 1.72. The molecule has 172 valence electrons. The molecule has 0 fully saturated rings. The average Bonchev–Trinajstić information content (AvgIpc) is 3.21. The summed E-state index contributed by atoms with van der Waals surface area (Å²) in [6.07, 6.45) is 0. The second-order valence-electron chi connectivity index (χ2n) is 7.87. The molecule has 33 heavy (non-hydrogen) atoms. The summed E-state index contributed by atoms with van der Waals surface area (Å²) in [4.78, 5) is 15.0. The summed E-state index contributed by atoms with van der Waals surface area (Å²) < 4.78 is 7.48. The van der Waals surface area contributed by atoms with Gasteiger partial charge < -0.3 is 27.0 Å². The van der Waals surface area contributed by atoms with Crippen molar-refractivity contribution in [1.29, 1.82) is 0 Å². The van der Waals surface area contributed by atoms with Crippen molar-refractivity contribution in [3.8, 4) is 5.75 Å². The highest BCUT2D eigenvalue weighted by Crippen LogP contribution is 2.25. The normalized spacial score (nSPS) is 10.8. The maximum Gasteiger partial charge on any atom is 0.267 e. The SMILES string of the molecule is CNC(=O)c1cc2cc(OC)ccc2n1CCN(Cc1ccccc1)Cc1ccccc1.[Cl-]. The van der Waals surface area contributed by atoms with Crippen LogP contribution in [-0.4, -0.2) is 36.1 Å². The molecule has 4 rings (SSSR count). The molecule has 0 radical (unpaired) electrons. The molecule has 0 aliphatic carbocycles. The summed E-state index contributed by atoms with van der Waals surface area (Å²) in [5.41, 5.74) is 4.24. The molecule has 1 aromatic heterocycles. The molecule has 1 heterocycles. The molecule has 5 nitrogen and oxygen atoms in total. The third-order valence-electron chi connectivity index (χ3n) is 5.71. The van der Waals surface area contributed by atoms with Gasteiger partial charge in [-0.1, -0.05) is 60.7 Å². The Bertz CT molecular complexity index is 1130. The van der Waals surface area contributed by atoms with E-state index < -0.39 is 0 Å². The molecular formula is C27H29ClN3O2-. The molecule has 0 unspecified atom stereocenters. The van der Waals surface area contributed by atoms with Gasteiger partial charge in [-0.05, 0) is 35.4 Å². The minimum Gasteiger partial charge on any atom is -1.00 e. The Labute approximate surface area is 201 Å². The van der Waals surface area contributed by atoms with E-state index in [9.17, 15) is 4.79 Å². The summed E-state index contributed by atoms with van der Waals surface area (Å²) in [6.45, 7) is 3.21. The number of rotatable bonds is 9. The molecule has 0 saturated carbocycles. The Kier molecular flexibility index (Phi) is 8.52. The van der Waals surface area contributed by atoms with Crippen molar-refractivity contribution in [2.24, 2.45) is 0 Å². The van der Waals surface area contributed by atoms with E-state index >= 15 is 0 Å². The minimum atomic E-state index is -0.0853. The van der Waals surface area contributed by atoms with Crippen LogP contribution in [0, 0.1) is 0 Å². The molecule has 0 bridgehead atoms. The Morgan fingerprint density at radius 2 is 1.52 bits per heavy atom. The highest BCUT2D eigenvalue weighted by molar-refractivity contribution is 5.98. The van der Waals surface area contributed by atoms with Crippen LogP contribution in [0.3, 0.4) is 0 Å². The fourth-order valence-electron chi connectivity index (χ4n) is 4.07. The van der Waals surface area contributed by atoms with Gasteiger partial charge in [0.15, 0.2) is 0 Å².